The van der Waals surface area contributed by atoms with E-state index >= 15 is 0 Å². The maximum absolute atomic E-state index is 12.4. The van der Waals surface area contributed by atoms with Gasteiger partial charge in [0.2, 0.25) is 0 Å². The third kappa shape index (κ3) is 4.16. The molecule has 1 aromatic carbocycles. The molecule has 1 aromatic rings. The summed E-state index contributed by atoms with van der Waals surface area (Å²) < 4.78 is 5.72. The molecule has 3 nitrogen and oxygen atoms in total. The molecule has 1 fully saturated rings. The molecule has 3 heteroatoms. The second kappa shape index (κ2) is 7.99. The third-order valence-corrected chi connectivity index (χ3v) is 4.96. The van der Waals surface area contributed by atoms with Crippen molar-refractivity contribution in [1.29, 1.82) is 0 Å². The van der Waals surface area contributed by atoms with Crippen LogP contribution in [0.2, 0.25) is 0 Å². The average Bonchev–Trinajstić information content (AvgIpc) is 2.54. The molecule has 0 amide bonds. The highest BCUT2D eigenvalue weighted by molar-refractivity contribution is 5.91. The van der Waals surface area contributed by atoms with Crippen molar-refractivity contribution in [3.05, 3.63) is 53.1 Å². The Bertz CT molecular complexity index is 692. The monoisotopic (exact) mass is 323 g/mol. The summed E-state index contributed by atoms with van der Waals surface area (Å²) in [7, 11) is 0. The van der Waals surface area contributed by atoms with E-state index < -0.39 is 0 Å². The van der Waals surface area contributed by atoms with Gasteiger partial charge in [0, 0.05) is 0 Å². The topological polar surface area (TPSA) is 30.7 Å². The van der Waals surface area contributed by atoms with Crippen LogP contribution in [-0.2, 0) is 4.74 Å². The normalized spacial score (nSPS) is 23.2. The number of hydrogen-bond acceptors (Lipinski definition) is 2. The number of ether oxygens (including phenoxy) is 1. The van der Waals surface area contributed by atoms with Crippen LogP contribution in [0.4, 0.5) is 5.69 Å². The summed E-state index contributed by atoms with van der Waals surface area (Å²) in [6.07, 6.45) is 4.56. The van der Waals surface area contributed by atoms with Crippen molar-refractivity contribution in [2.75, 3.05) is 0 Å². The van der Waals surface area contributed by atoms with Gasteiger partial charge < -0.3 is 4.74 Å². The van der Waals surface area contributed by atoms with Crippen LogP contribution in [0, 0.1) is 24.3 Å². The summed E-state index contributed by atoms with van der Waals surface area (Å²) in [6.45, 7) is 17.5. The van der Waals surface area contributed by atoms with Crippen molar-refractivity contribution in [3.63, 3.8) is 0 Å². The predicted molar refractivity (Wildman–Crippen MR) is 96.9 cm³/mol. The molecule has 0 N–H and O–H groups in total. The SMILES string of the molecule is [C-]#[N+]c1ccc(C(=O)OC2CC[C@H](C(C)C)[C@@H](C)C2)cc1C=C=C. The lowest BCUT2D eigenvalue weighted by atomic mass is 9.73. The Labute approximate surface area is 144 Å². The lowest BCUT2D eigenvalue weighted by molar-refractivity contribution is 0.00282. The maximum atomic E-state index is 12.4. The van der Waals surface area contributed by atoms with E-state index in [2.05, 4.69) is 37.9 Å². The number of carbonyl (C=O) groups is 1. The molecule has 126 valence electrons. The Morgan fingerprint density at radius 1 is 1.46 bits per heavy atom. The van der Waals surface area contributed by atoms with Crippen LogP contribution in [-0.4, -0.2) is 12.1 Å². The first-order chi connectivity index (χ1) is 11.5. The molecule has 2 rings (SSSR count). The van der Waals surface area contributed by atoms with Crippen LogP contribution in [0.15, 0.2) is 30.5 Å². The van der Waals surface area contributed by atoms with Gasteiger partial charge in [-0.2, -0.15) is 0 Å². The molecule has 0 aromatic heterocycles. The quantitative estimate of drug-likeness (QED) is 0.407. The van der Waals surface area contributed by atoms with Gasteiger partial charge in [-0.1, -0.05) is 45.5 Å². The van der Waals surface area contributed by atoms with Crippen molar-refractivity contribution in [3.8, 4) is 0 Å². The minimum Gasteiger partial charge on any atom is -0.459 e. The summed E-state index contributed by atoms with van der Waals surface area (Å²) in [5.74, 6) is 1.64. The zero-order valence-electron chi connectivity index (χ0n) is 14.7. The van der Waals surface area contributed by atoms with Crippen LogP contribution in [0.25, 0.3) is 10.9 Å². The number of nitrogens with zero attached hydrogens (tertiary/aromatic N) is 1. The van der Waals surface area contributed by atoms with Crippen molar-refractivity contribution in [2.45, 2.75) is 46.1 Å². The molecule has 0 saturated heterocycles. The largest absolute Gasteiger partial charge is 0.459 e. The van der Waals surface area contributed by atoms with Crippen LogP contribution in [0.1, 0.15) is 56.0 Å². The summed E-state index contributed by atoms with van der Waals surface area (Å²) in [6, 6.07) is 4.97. The first-order valence-electron chi connectivity index (χ1n) is 8.54. The van der Waals surface area contributed by atoms with E-state index in [-0.39, 0.29) is 12.1 Å². The minimum absolute atomic E-state index is 0.0126. The van der Waals surface area contributed by atoms with Gasteiger partial charge >= 0.3 is 5.97 Å². The molecule has 1 unspecified atom stereocenters. The third-order valence-electron chi connectivity index (χ3n) is 4.96. The van der Waals surface area contributed by atoms with Crippen LogP contribution in [0.5, 0.6) is 0 Å². The Balaban J connectivity index is 2.07. The number of carbonyl (C=O) groups excluding carboxylic acids is 1. The molecule has 24 heavy (non-hydrogen) atoms. The molecule has 0 bridgehead atoms. The first-order valence-corrected chi connectivity index (χ1v) is 8.54. The summed E-state index contributed by atoms with van der Waals surface area (Å²) in [5.41, 5.74) is 4.26. The van der Waals surface area contributed by atoms with E-state index in [9.17, 15) is 4.79 Å². The lowest BCUT2D eigenvalue weighted by Gasteiger charge is -2.36. The van der Waals surface area contributed by atoms with Gasteiger partial charge in [0.25, 0.3) is 0 Å². The zero-order chi connectivity index (χ0) is 17.7. The van der Waals surface area contributed by atoms with E-state index in [1.54, 1.807) is 24.3 Å². The molecule has 0 heterocycles. The Morgan fingerprint density at radius 3 is 2.79 bits per heavy atom. The van der Waals surface area contributed by atoms with E-state index in [4.69, 9.17) is 11.3 Å². The van der Waals surface area contributed by atoms with E-state index in [0.29, 0.717) is 34.6 Å². The lowest BCUT2D eigenvalue weighted by Crippen LogP contribution is -2.32. The fourth-order valence-electron chi connectivity index (χ4n) is 3.70. The van der Waals surface area contributed by atoms with Crippen molar-refractivity contribution in [2.24, 2.45) is 17.8 Å². The molecule has 0 radical (unpaired) electrons. The Kier molecular flexibility index (Phi) is 6.01. The predicted octanol–water partition coefficient (Wildman–Crippen LogP) is 5.65. The number of esters is 1. The van der Waals surface area contributed by atoms with Crippen LogP contribution in [0.3, 0.4) is 0 Å². The van der Waals surface area contributed by atoms with E-state index in [0.717, 1.165) is 19.3 Å². The van der Waals surface area contributed by atoms with Crippen LogP contribution >= 0.6 is 0 Å². The van der Waals surface area contributed by atoms with Gasteiger partial charge in [0.1, 0.15) is 6.10 Å². The zero-order valence-corrected chi connectivity index (χ0v) is 14.7. The number of hydrogen-bond donors (Lipinski definition) is 0. The molecule has 3 atom stereocenters. The molecule has 1 aliphatic carbocycles. The fraction of sp³-hybridized carbons (Fsp3) is 0.476. The summed E-state index contributed by atoms with van der Waals surface area (Å²) >= 11 is 0. The van der Waals surface area contributed by atoms with E-state index in [1.165, 1.54) is 0 Å². The summed E-state index contributed by atoms with van der Waals surface area (Å²) in [4.78, 5) is 15.9. The number of benzene rings is 1. The second-order valence-electron chi connectivity index (χ2n) is 6.96. The highest BCUT2D eigenvalue weighted by Crippen LogP contribution is 2.36. The van der Waals surface area contributed by atoms with E-state index in [1.807, 2.05) is 0 Å². The highest BCUT2D eigenvalue weighted by Gasteiger charge is 2.31. The van der Waals surface area contributed by atoms with Gasteiger partial charge in [0.15, 0.2) is 5.69 Å². The van der Waals surface area contributed by atoms with Gasteiger partial charge in [-0.3, -0.25) is 0 Å². The van der Waals surface area contributed by atoms with Gasteiger partial charge in [-0.25, -0.2) is 9.64 Å². The summed E-state index contributed by atoms with van der Waals surface area (Å²) in [5, 5.41) is 0. The molecule has 0 aliphatic heterocycles. The smallest absolute Gasteiger partial charge is 0.338 e. The molecular formula is C21H25NO2. The highest BCUT2D eigenvalue weighted by atomic mass is 16.5. The van der Waals surface area contributed by atoms with Crippen molar-refractivity contribution < 1.29 is 9.53 Å². The van der Waals surface area contributed by atoms with Gasteiger partial charge in [-0.15, -0.1) is 5.73 Å². The van der Waals surface area contributed by atoms with Crippen molar-refractivity contribution >= 4 is 17.7 Å². The maximum Gasteiger partial charge on any atom is 0.338 e. The van der Waals surface area contributed by atoms with Gasteiger partial charge in [0.05, 0.1) is 12.1 Å². The van der Waals surface area contributed by atoms with Crippen LogP contribution < -0.4 is 0 Å². The standard InChI is InChI=1S/C21H25NO2/c1-6-7-16-13-17(8-11-20(16)22-5)21(23)24-18-9-10-19(14(2)3)15(4)12-18/h7-8,11,13-15,18-19H,1,9-10,12H2,2-4H3/t15-,18?,19+/m0/s1. The first kappa shape index (κ1) is 18.0. The molecule has 0 spiro atoms. The fourth-order valence-corrected chi connectivity index (χ4v) is 3.70. The van der Waals surface area contributed by atoms with Gasteiger partial charge in [-0.05, 0) is 48.7 Å². The minimum atomic E-state index is -0.314. The molecule has 1 saturated carbocycles. The van der Waals surface area contributed by atoms with Crippen molar-refractivity contribution in [1.82, 2.24) is 0 Å². The molecule has 1 aliphatic rings. The molecular weight excluding hydrogens is 298 g/mol. The Morgan fingerprint density at radius 2 is 2.21 bits per heavy atom. The Hall–Kier alpha value is -2.30. The second-order valence-corrected chi connectivity index (χ2v) is 6.96. The average molecular weight is 323 g/mol. The number of rotatable bonds is 4.